The molecule has 9 heteroatoms. The van der Waals surface area contributed by atoms with Crippen molar-refractivity contribution < 1.29 is 9.18 Å². The van der Waals surface area contributed by atoms with Gasteiger partial charge in [-0.25, -0.2) is 9.18 Å². The summed E-state index contributed by atoms with van der Waals surface area (Å²) in [7, 11) is 0. The summed E-state index contributed by atoms with van der Waals surface area (Å²) >= 11 is 0. The van der Waals surface area contributed by atoms with Gasteiger partial charge < -0.3 is 20.4 Å². The van der Waals surface area contributed by atoms with Gasteiger partial charge in [0.15, 0.2) is 11.6 Å². The molecule has 0 spiro atoms. The van der Waals surface area contributed by atoms with E-state index in [4.69, 9.17) is 0 Å². The summed E-state index contributed by atoms with van der Waals surface area (Å²) in [6.45, 7) is 4.09. The second-order valence-electron chi connectivity index (χ2n) is 6.76. The molecule has 1 atom stereocenters. The van der Waals surface area contributed by atoms with Crippen LogP contribution in [0.5, 0.6) is 0 Å². The predicted octanol–water partition coefficient (Wildman–Crippen LogP) is 4.37. The number of hydrogen-bond acceptors (Lipinski definition) is 6. The van der Waals surface area contributed by atoms with Gasteiger partial charge in [-0.2, -0.15) is 5.11 Å². The molecule has 8 nitrogen and oxygen atoms in total. The van der Waals surface area contributed by atoms with E-state index < -0.39 is 11.8 Å². The number of aromatic nitrogens is 1. The van der Waals surface area contributed by atoms with Gasteiger partial charge in [-0.05, 0) is 32.0 Å². The molecule has 0 saturated heterocycles. The third-order valence-corrected chi connectivity index (χ3v) is 4.54. The van der Waals surface area contributed by atoms with Crippen molar-refractivity contribution in [1.82, 2.24) is 14.8 Å². The van der Waals surface area contributed by atoms with Gasteiger partial charge in [0, 0.05) is 29.9 Å². The van der Waals surface area contributed by atoms with E-state index >= 15 is 0 Å². The van der Waals surface area contributed by atoms with Crippen LogP contribution >= 0.6 is 0 Å². The standard InChI is InChI=1S/C20H20FN7O/c1-13-6-7-16(10-22-13)23-20(29)24-17-5-3-4-15(19(17)21)11-27-8-9-28-14(2)25-26-18(28)12-27/h3-10,12,14H,11H2,1-2H3,(H2,23,24,29). The lowest BCUT2D eigenvalue weighted by Crippen LogP contribution is -2.26. The number of aryl methyl sites for hydroxylation is 1. The molecule has 1 unspecified atom stereocenters. The highest BCUT2D eigenvalue weighted by molar-refractivity contribution is 5.99. The zero-order chi connectivity index (χ0) is 20.4. The van der Waals surface area contributed by atoms with Gasteiger partial charge in [0.2, 0.25) is 0 Å². The quantitative estimate of drug-likeness (QED) is 0.808. The second kappa shape index (κ2) is 7.70. The molecule has 1 aromatic heterocycles. The van der Waals surface area contributed by atoms with E-state index in [-0.39, 0.29) is 11.9 Å². The van der Waals surface area contributed by atoms with Crippen molar-refractivity contribution >= 4 is 17.4 Å². The first kappa shape index (κ1) is 18.6. The first-order valence-electron chi connectivity index (χ1n) is 9.13. The number of benzene rings is 1. The first-order chi connectivity index (χ1) is 14.0. The Kier molecular flexibility index (Phi) is 4.94. The maximum Gasteiger partial charge on any atom is 0.323 e. The van der Waals surface area contributed by atoms with Crippen LogP contribution in [0.2, 0.25) is 0 Å². The number of carbonyl (C=O) groups excluding carboxylic acids is 1. The van der Waals surface area contributed by atoms with Crippen molar-refractivity contribution in [3.63, 3.8) is 0 Å². The molecule has 2 aliphatic rings. The zero-order valence-corrected chi connectivity index (χ0v) is 16.0. The Morgan fingerprint density at radius 1 is 1.21 bits per heavy atom. The molecule has 0 aliphatic carbocycles. The van der Waals surface area contributed by atoms with Gasteiger partial charge in [-0.3, -0.25) is 4.98 Å². The molecule has 2 aromatic rings. The number of carbonyl (C=O) groups is 1. The van der Waals surface area contributed by atoms with Crippen LogP contribution in [0.25, 0.3) is 0 Å². The number of hydrogen-bond donors (Lipinski definition) is 2. The molecule has 2 N–H and O–H groups in total. The lowest BCUT2D eigenvalue weighted by Gasteiger charge is -2.26. The van der Waals surface area contributed by atoms with Crippen LogP contribution in [0.15, 0.2) is 71.2 Å². The van der Waals surface area contributed by atoms with Gasteiger partial charge >= 0.3 is 6.03 Å². The predicted molar refractivity (Wildman–Crippen MR) is 107 cm³/mol. The minimum absolute atomic E-state index is 0.0360. The van der Waals surface area contributed by atoms with Gasteiger partial charge in [0.25, 0.3) is 0 Å². The average Bonchev–Trinajstić information content (AvgIpc) is 3.07. The number of pyridine rings is 1. The van der Waals surface area contributed by atoms with Crippen molar-refractivity contribution in [2.75, 3.05) is 10.6 Å². The van der Waals surface area contributed by atoms with Gasteiger partial charge in [0.1, 0.15) is 6.17 Å². The summed E-state index contributed by atoms with van der Waals surface area (Å²) in [6.07, 6.45) is 7.02. The largest absolute Gasteiger partial charge is 0.345 e. The zero-order valence-electron chi connectivity index (χ0n) is 16.0. The second-order valence-corrected chi connectivity index (χ2v) is 6.76. The highest BCUT2D eigenvalue weighted by Gasteiger charge is 2.24. The molecule has 3 heterocycles. The van der Waals surface area contributed by atoms with Crippen LogP contribution in [-0.4, -0.2) is 27.0 Å². The minimum atomic E-state index is -0.539. The third-order valence-electron chi connectivity index (χ3n) is 4.54. The summed E-state index contributed by atoms with van der Waals surface area (Å²) in [5.41, 5.74) is 1.91. The number of anilines is 2. The van der Waals surface area contributed by atoms with E-state index in [1.807, 2.05) is 42.2 Å². The molecule has 4 rings (SSSR count). The fourth-order valence-corrected chi connectivity index (χ4v) is 3.00. The summed E-state index contributed by atoms with van der Waals surface area (Å²) in [5, 5.41) is 13.4. The Balaban J connectivity index is 1.43. The Morgan fingerprint density at radius 2 is 2.07 bits per heavy atom. The van der Waals surface area contributed by atoms with Crippen LogP contribution < -0.4 is 10.6 Å². The fraction of sp³-hybridized carbons (Fsp3) is 0.200. The van der Waals surface area contributed by atoms with Gasteiger partial charge in [0.05, 0.1) is 24.1 Å². The van der Waals surface area contributed by atoms with Crippen molar-refractivity contribution in [1.29, 1.82) is 0 Å². The highest BCUT2D eigenvalue weighted by atomic mass is 19.1. The number of fused-ring (bicyclic) bond motifs is 1. The summed E-state index contributed by atoms with van der Waals surface area (Å²) in [5.74, 6) is 0.223. The van der Waals surface area contributed by atoms with Gasteiger partial charge in [-0.15, -0.1) is 5.11 Å². The minimum Gasteiger partial charge on any atom is -0.345 e. The average molecular weight is 393 g/mol. The Morgan fingerprint density at radius 3 is 2.86 bits per heavy atom. The van der Waals surface area contributed by atoms with Crippen LogP contribution in [0.4, 0.5) is 20.6 Å². The maximum atomic E-state index is 14.9. The Labute approximate surface area is 167 Å². The number of rotatable bonds is 4. The third kappa shape index (κ3) is 4.08. The van der Waals surface area contributed by atoms with E-state index in [0.717, 1.165) is 5.69 Å². The first-order valence-corrected chi connectivity index (χ1v) is 9.13. The number of nitrogens with zero attached hydrogens (tertiary/aromatic N) is 5. The Bertz CT molecular complexity index is 1020. The Hall–Kier alpha value is -3.75. The van der Waals surface area contributed by atoms with E-state index in [2.05, 4.69) is 25.8 Å². The molecule has 0 saturated carbocycles. The molecular formula is C20H20FN7O. The fourth-order valence-electron chi connectivity index (χ4n) is 3.00. The van der Waals surface area contributed by atoms with Crippen molar-refractivity contribution in [2.24, 2.45) is 10.2 Å². The number of azo groups is 1. The number of halogens is 1. The maximum absolute atomic E-state index is 14.9. The number of urea groups is 1. The smallest absolute Gasteiger partial charge is 0.323 e. The van der Waals surface area contributed by atoms with E-state index in [1.165, 1.54) is 6.07 Å². The van der Waals surface area contributed by atoms with Crippen LogP contribution in [0.3, 0.4) is 0 Å². The molecular weight excluding hydrogens is 373 g/mol. The topological polar surface area (TPSA) is 85.2 Å². The SMILES string of the molecule is Cc1ccc(NC(=O)Nc2cccc(CN3C=CN4C(=C3)N=NC4C)c2F)cn1. The number of amides is 2. The molecule has 0 fully saturated rings. The van der Waals surface area contributed by atoms with Crippen molar-refractivity contribution in [3.05, 3.63) is 78.0 Å². The lowest BCUT2D eigenvalue weighted by molar-refractivity contribution is 0.262. The normalized spacial score (nSPS) is 17.2. The van der Waals surface area contributed by atoms with Crippen LogP contribution in [0, 0.1) is 12.7 Å². The van der Waals surface area contributed by atoms with Crippen LogP contribution in [-0.2, 0) is 6.54 Å². The van der Waals surface area contributed by atoms with E-state index in [9.17, 15) is 9.18 Å². The highest BCUT2D eigenvalue weighted by Crippen LogP contribution is 2.27. The summed E-state index contributed by atoms with van der Waals surface area (Å²) < 4.78 is 14.9. The monoisotopic (exact) mass is 393 g/mol. The molecule has 0 radical (unpaired) electrons. The van der Waals surface area contributed by atoms with Crippen molar-refractivity contribution in [2.45, 2.75) is 26.6 Å². The molecule has 2 amide bonds. The lowest BCUT2D eigenvalue weighted by atomic mass is 10.1. The molecule has 148 valence electrons. The molecule has 0 bridgehead atoms. The van der Waals surface area contributed by atoms with E-state index in [0.29, 0.717) is 23.6 Å². The molecule has 29 heavy (non-hydrogen) atoms. The van der Waals surface area contributed by atoms with E-state index in [1.54, 1.807) is 30.5 Å². The summed E-state index contributed by atoms with van der Waals surface area (Å²) in [6, 6.07) is 7.87. The summed E-state index contributed by atoms with van der Waals surface area (Å²) in [4.78, 5) is 20.1. The number of nitrogens with one attached hydrogen (secondary N) is 2. The van der Waals surface area contributed by atoms with Crippen LogP contribution in [0.1, 0.15) is 18.2 Å². The molecule has 2 aliphatic heterocycles. The van der Waals surface area contributed by atoms with Crippen molar-refractivity contribution in [3.8, 4) is 0 Å². The van der Waals surface area contributed by atoms with Gasteiger partial charge in [-0.1, -0.05) is 12.1 Å². The molecule has 1 aromatic carbocycles.